The van der Waals surface area contributed by atoms with E-state index < -0.39 is 0 Å². The molecule has 2 aliphatic rings. The van der Waals surface area contributed by atoms with Crippen LogP contribution in [0.1, 0.15) is 79.0 Å². The van der Waals surface area contributed by atoms with E-state index in [0.29, 0.717) is 0 Å². The van der Waals surface area contributed by atoms with Crippen LogP contribution in [0.3, 0.4) is 0 Å². The minimum Gasteiger partial charge on any atom is -0.310 e. The first kappa shape index (κ1) is 66.2. The Morgan fingerprint density at radius 2 is 0.457 bits per heavy atom. The number of fused-ring (bicyclic) bond motifs is 4. The van der Waals surface area contributed by atoms with E-state index in [4.69, 9.17) is 0 Å². The Balaban J connectivity index is 1.09. The van der Waals surface area contributed by atoms with Crippen LogP contribution in [0, 0.1) is 0 Å². The van der Waals surface area contributed by atoms with Gasteiger partial charge in [-0.3, -0.25) is 0 Å². The summed E-state index contributed by atoms with van der Waals surface area (Å²) in [5.41, 5.74) is 36.9. The normalized spacial score (nSPS) is 12.6. The Bertz CT molecular complexity index is 5350. The highest BCUT2D eigenvalue weighted by Gasteiger charge is 2.47. The highest BCUT2D eigenvalue weighted by Crippen LogP contribution is 2.59. The highest BCUT2D eigenvalue weighted by molar-refractivity contribution is 7.00. The van der Waals surface area contributed by atoms with Crippen molar-refractivity contribution in [3.63, 3.8) is 0 Å². The first-order valence-electron chi connectivity index (χ1n) is 37.2. The number of benzene rings is 15. The molecule has 0 N–H and O–H groups in total. The molecule has 105 heavy (non-hydrogen) atoms. The Morgan fingerprint density at radius 1 is 0.200 bits per heavy atom. The molecule has 0 atom stereocenters. The molecule has 15 aromatic carbocycles. The topological polar surface area (TPSA) is 6.48 Å². The van der Waals surface area contributed by atoms with Gasteiger partial charge in [-0.1, -0.05) is 378 Å². The second-order valence-corrected chi connectivity index (χ2v) is 31.6. The molecule has 0 spiro atoms. The predicted octanol–water partition coefficient (Wildman–Crippen LogP) is 26.3. The molecule has 3 heteroatoms. The summed E-state index contributed by atoms with van der Waals surface area (Å²) in [5, 5.41) is 0. The Hall–Kier alpha value is -12.0. The van der Waals surface area contributed by atoms with Crippen LogP contribution in [0.15, 0.2) is 352 Å². The molecule has 0 fully saturated rings. The molecule has 0 saturated heterocycles. The maximum atomic E-state index is 2.74. The van der Waals surface area contributed by atoms with Crippen molar-refractivity contribution in [2.24, 2.45) is 0 Å². The molecule has 0 radical (unpaired) electrons. The Labute approximate surface area is 621 Å². The van der Waals surface area contributed by atoms with Crippen LogP contribution in [-0.2, 0) is 16.2 Å². The molecular weight excluding hydrogens is 1260 g/mol. The maximum Gasteiger partial charge on any atom is 0.252 e. The van der Waals surface area contributed by atoms with E-state index >= 15 is 0 Å². The van der Waals surface area contributed by atoms with Crippen molar-refractivity contribution < 1.29 is 0 Å². The third-order valence-corrected chi connectivity index (χ3v) is 21.7. The lowest BCUT2D eigenvalue weighted by molar-refractivity contribution is 0.590. The first-order valence-corrected chi connectivity index (χ1v) is 37.2. The fourth-order valence-corrected chi connectivity index (χ4v) is 16.4. The van der Waals surface area contributed by atoms with Crippen LogP contribution in [0.2, 0.25) is 0 Å². The van der Waals surface area contributed by atoms with Crippen molar-refractivity contribution in [1.82, 2.24) is 0 Å². The molecule has 0 saturated carbocycles. The second-order valence-electron chi connectivity index (χ2n) is 31.6. The predicted molar refractivity (Wildman–Crippen MR) is 451 cm³/mol. The summed E-state index contributed by atoms with van der Waals surface area (Å²) >= 11 is 0. The fraction of sp³-hybridized carbons (Fsp3) is 0.118. The summed E-state index contributed by atoms with van der Waals surface area (Å²) < 4.78 is 0. The van der Waals surface area contributed by atoms with Gasteiger partial charge in [0.2, 0.25) is 0 Å². The standard InChI is InChI=1S/C102H85BN2/c1-100(2,3)80-56-50-68(51-57-80)78-54-60-89-87(62-78)103-88-63-79(69-52-58-81(59-53-69)101(4,5)6)55-61-90(88)105(99-86(73-40-24-13-25-41-73)67-84(71-36-20-11-21-37-71)94(75-44-28-15-29-45-75)96(99)77-48-32-17-33-49-77)92-65-82(102(7,8)9)64-91(97(92)103)104(89)98-85(72-38-22-12-23-39-72)66-83(70-34-18-10-19-35-70)93(74-42-26-14-27-43-74)95(98)76-46-30-16-31-47-76/h10-67H,1-9H3. The van der Waals surface area contributed by atoms with Gasteiger partial charge < -0.3 is 9.80 Å². The van der Waals surface area contributed by atoms with Gasteiger partial charge in [0.25, 0.3) is 6.71 Å². The summed E-state index contributed by atoms with van der Waals surface area (Å²) in [5.74, 6) is 0. The zero-order valence-electron chi connectivity index (χ0n) is 61.5. The molecule has 0 bridgehead atoms. The molecule has 0 unspecified atom stereocenters. The minimum absolute atomic E-state index is 0.0184. The van der Waals surface area contributed by atoms with Gasteiger partial charge in [0.05, 0.1) is 11.4 Å². The summed E-state index contributed by atoms with van der Waals surface area (Å²) in [4.78, 5) is 5.47. The van der Waals surface area contributed by atoms with E-state index in [2.05, 4.69) is 424 Å². The van der Waals surface area contributed by atoms with Gasteiger partial charge in [-0.2, -0.15) is 0 Å². The van der Waals surface area contributed by atoms with Crippen LogP contribution in [-0.4, -0.2) is 6.71 Å². The summed E-state index contributed by atoms with van der Waals surface area (Å²) in [7, 11) is 0. The van der Waals surface area contributed by atoms with Crippen LogP contribution in [0.25, 0.3) is 111 Å². The highest BCUT2D eigenvalue weighted by atomic mass is 15.2. The molecule has 17 rings (SSSR count). The zero-order chi connectivity index (χ0) is 71.7. The second kappa shape index (κ2) is 26.7. The van der Waals surface area contributed by atoms with E-state index in [9.17, 15) is 0 Å². The van der Waals surface area contributed by atoms with E-state index in [0.717, 1.165) is 112 Å². The molecule has 2 aliphatic heterocycles. The lowest BCUT2D eigenvalue weighted by Crippen LogP contribution is -2.61. The van der Waals surface area contributed by atoms with Crippen molar-refractivity contribution >= 4 is 57.2 Å². The minimum atomic E-state index is -0.348. The third-order valence-electron chi connectivity index (χ3n) is 21.7. The average molecular weight is 1350 g/mol. The van der Waals surface area contributed by atoms with E-state index in [1.54, 1.807) is 0 Å². The molecule has 2 nitrogen and oxygen atoms in total. The van der Waals surface area contributed by atoms with Gasteiger partial charge in [0.15, 0.2) is 0 Å². The SMILES string of the molecule is CC(C)(C)c1ccc(-c2ccc3c(c2)B2c4cc(-c5ccc(C(C)(C)C)cc5)ccc4N(c4c(-c5ccccc5)cc(-c5ccccc5)c(-c5ccccc5)c4-c4ccccc4)c4cc(C(C)(C)C)cc(c42)N3c2c(-c3ccccc3)cc(-c3ccccc3)c(-c3ccccc3)c2-c2ccccc2)cc1. The van der Waals surface area contributed by atoms with Crippen molar-refractivity contribution in [3.05, 3.63) is 369 Å². The first-order chi connectivity index (χ1) is 51.0. The van der Waals surface area contributed by atoms with Crippen molar-refractivity contribution in [3.8, 4) is 111 Å². The fourth-order valence-electron chi connectivity index (χ4n) is 16.4. The van der Waals surface area contributed by atoms with Gasteiger partial charge >= 0.3 is 0 Å². The summed E-state index contributed by atoms with van der Waals surface area (Å²) in [6, 6.07) is 133. The van der Waals surface area contributed by atoms with Crippen LogP contribution in [0.5, 0.6) is 0 Å². The number of hydrogen-bond donors (Lipinski definition) is 0. The monoisotopic (exact) mass is 1350 g/mol. The summed E-state index contributed by atoms with van der Waals surface area (Å²) in [6.45, 7) is 20.8. The van der Waals surface area contributed by atoms with Crippen LogP contribution < -0.4 is 26.2 Å². The zero-order valence-corrected chi connectivity index (χ0v) is 61.5. The number of rotatable bonds is 12. The number of hydrogen-bond acceptors (Lipinski definition) is 2. The molecule has 2 heterocycles. The lowest BCUT2D eigenvalue weighted by Gasteiger charge is -2.47. The maximum absolute atomic E-state index is 2.74. The molecule has 15 aromatic rings. The smallest absolute Gasteiger partial charge is 0.252 e. The van der Waals surface area contributed by atoms with Gasteiger partial charge in [0.1, 0.15) is 0 Å². The van der Waals surface area contributed by atoms with Gasteiger partial charge in [0, 0.05) is 45.0 Å². The third kappa shape index (κ3) is 12.1. The van der Waals surface area contributed by atoms with Crippen LogP contribution in [0.4, 0.5) is 34.1 Å². The molecule has 506 valence electrons. The van der Waals surface area contributed by atoms with Gasteiger partial charge in [-0.25, -0.2) is 0 Å². The summed E-state index contributed by atoms with van der Waals surface area (Å²) in [6.07, 6.45) is 0. The van der Waals surface area contributed by atoms with E-state index in [1.807, 2.05) is 0 Å². The van der Waals surface area contributed by atoms with Gasteiger partial charge in [-0.15, -0.1) is 0 Å². The molecule has 0 aromatic heterocycles. The molecule has 0 aliphatic carbocycles. The van der Waals surface area contributed by atoms with E-state index in [1.165, 1.54) is 66.5 Å². The van der Waals surface area contributed by atoms with Gasteiger partial charge in [-0.05, 0) is 175 Å². The van der Waals surface area contributed by atoms with Crippen molar-refractivity contribution in [2.75, 3.05) is 9.80 Å². The average Bonchev–Trinajstić information content (AvgIpc) is 0.688. The van der Waals surface area contributed by atoms with Crippen molar-refractivity contribution in [1.29, 1.82) is 0 Å². The number of anilines is 6. The van der Waals surface area contributed by atoms with Crippen molar-refractivity contribution in [2.45, 2.75) is 78.6 Å². The lowest BCUT2D eigenvalue weighted by atomic mass is 9.33. The van der Waals surface area contributed by atoms with Crippen LogP contribution >= 0.6 is 0 Å². The number of nitrogens with zero attached hydrogens (tertiary/aromatic N) is 2. The Kier molecular flexibility index (Phi) is 16.8. The molecular formula is C102H85BN2. The largest absolute Gasteiger partial charge is 0.310 e. The molecule has 0 amide bonds. The van der Waals surface area contributed by atoms with E-state index in [-0.39, 0.29) is 23.0 Å². The quantitative estimate of drug-likeness (QED) is 0.113. The Morgan fingerprint density at radius 3 is 0.743 bits per heavy atom.